The third-order valence-electron chi connectivity index (χ3n) is 2.32. The quantitative estimate of drug-likeness (QED) is 0.478. The summed E-state index contributed by atoms with van der Waals surface area (Å²) >= 11 is 0. The Bertz CT molecular complexity index is 317. The highest BCUT2D eigenvalue weighted by molar-refractivity contribution is 5.87. The van der Waals surface area contributed by atoms with E-state index in [2.05, 4.69) is 5.32 Å². The van der Waals surface area contributed by atoms with Gasteiger partial charge in [0.2, 0.25) is 5.91 Å². The first kappa shape index (κ1) is 16.4. The molecule has 1 amide bonds. The SMILES string of the molecule is CC(C)C[C@@H](N)C(=O)N[C@@H](CCC(=O)O)C(=O)O. The molecule has 2 atom stereocenters. The average Bonchev–Trinajstić information content (AvgIpc) is 2.21. The Morgan fingerprint density at radius 2 is 1.78 bits per heavy atom. The Kier molecular flexibility index (Phi) is 6.96. The van der Waals surface area contributed by atoms with Gasteiger partial charge in [-0.3, -0.25) is 9.59 Å². The van der Waals surface area contributed by atoms with Gasteiger partial charge in [-0.2, -0.15) is 0 Å². The van der Waals surface area contributed by atoms with Crippen LogP contribution in [0.2, 0.25) is 0 Å². The van der Waals surface area contributed by atoms with Gasteiger partial charge in [0.1, 0.15) is 6.04 Å². The van der Waals surface area contributed by atoms with Crippen LogP contribution in [0.25, 0.3) is 0 Å². The Hall–Kier alpha value is -1.63. The number of carbonyl (C=O) groups excluding carboxylic acids is 1. The number of carboxylic acid groups (broad SMARTS) is 2. The molecule has 0 aromatic carbocycles. The van der Waals surface area contributed by atoms with E-state index in [1.54, 1.807) is 0 Å². The number of nitrogens with one attached hydrogen (secondary N) is 1. The number of carbonyl (C=O) groups is 3. The van der Waals surface area contributed by atoms with Crippen molar-refractivity contribution in [3.05, 3.63) is 0 Å². The Morgan fingerprint density at radius 3 is 2.17 bits per heavy atom. The van der Waals surface area contributed by atoms with Gasteiger partial charge in [0.15, 0.2) is 0 Å². The third-order valence-corrected chi connectivity index (χ3v) is 2.32. The molecule has 0 saturated heterocycles. The average molecular weight is 260 g/mol. The van der Waals surface area contributed by atoms with Gasteiger partial charge >= 0.3 is 11.9 Å². The lowest BCUT2D eigenvalue weighted by Crippen LogP contribution is -2.48. The molecule has 0 saturated carbocycles. The van der Waals surface area contributed by atoms with Crippen LogP contribution >= 0.6 is 0 Å². The second-order valence-electron chi connectivity index (χ2n) is 4.57. The highest BCUT2D eigenvalue weighted by Gasteiger charge is 2.24. The first-order chi connectivity index (χ1) is 8.23. The summed E-state index contributed by atoms with van der Waals surface area (Å²) in [7, 11) is 0. The van der Waals surface area contributed by atoms with Crippen LogP contribution in [0.3, 0.4) is 0 Å². The van der Waals surface area contributed by atoms with Crippen molar-refractivity contribution < 1.29 is 24.6 Å². The second-order valence-corrected chi connectivity index (χ2v) is 4.57. The lowest BCUT2D eigenvalue weighted by Gasteiger charge is -2.18. The van der Waals surface area contributed by atoms with Crippen molar-refractivity contribution in [2.24, 2.45) is 11.7 Å². The molecule has 0 aliphatic carbocycles. The van der Waals surface area contributed by atoms with Gasteiger partial charge in [-0.15, -0.1) is 0 Å². The number of amides is 1. The largest absolute Gasteiger partial charge is 0.481 e. The molecule has 7 heteroatoms. The van der Waals surface area contributed by atoms with Gasteiger partial charge < -0.3 is 21.3 Å². The van der Waals surface area contributed by atoms with E-state index in [-0.39, 0.29) is 18.8 Å². The van der Waals surface area contributed by atoms with Crippen molar-refractivity contribution in [3.63, 3.8) is 0 Å². The molecule has 0 radical (unpaired) electrons. The zero-order valence-corrected chi connectivity index (χ0v) is 10.5. The molecule has 104 valence electrons. The first-order valence-electron chi connectivity index (χ1n) is 5.74. The Balaban J connectivity index is 4.35. The van der Waals surface area contributed by atoms with Crippen molar-refractivity contribution in [1.29, 1.82) is 0 Å². The van der Waals surface area contributed by atoms with Crippen molar-refractivity contribution in [1.82, 2.24) is 5.32 Å². The summed E-state index contributed by atoms with van der Waals surface area (Å²) in [6, 6.07) is -2.00. The van der Waals surface area contributed by atoms with Crippen LogP contribution in [-0.4, -0.2) is 40.1 Å². The third kappa shape index (κ3) is 6.85. The molecule has 0 bridgehead atoms. The monoisotopic (exact) mass is 260 g/mol. The predicted molar refractivity (Wildman–Crippen MR) is 63.9 cm³/mol. The molecule has 0 aromatic heterocycles. The van der Waals surface area contributed by atoms with Crippen molar-refractivity contribution >= 4 is 17.8 Å². The summed E-state index contributed by atoms with van der Waals surface area (Å²) < 4.78 is 0. The normalized spacial score (nSPS) is 14.0. The molecular weight excluding hydrogens is 240 g/mol. The Morgan fingerprint density at radius 1 is 1.22 bits per heavy atom. The van der Waals surface area contributed by atoms with E-state index in [1.807, 2.05) is 13.8 Å². The lowest BCUT2D eigenvalue weighted by molar-refractivity contribution is -0.143. The zero-order valence-electron chi connectivity index (χ0n) is 10.5. The zero-order chi connectivity index (χ0) is 14.3. The number of aliphatic carboxylic acids is 2. The van der Waals surface area contributed by atoms with E-state index in [9.17, 15) is 14.4 Å². The Labute approximate surface area is 105 Å². The van der Waals surface area contributed by atoms with Gasteiger partial charge in [0, 0.05) is 6.42 Å². The van der Waals surface area contributed by atoms with E-state index in [0.717, 1.165) is 0 Å². The standard InChI is InChI=1S/C11H20N2O5/c1-6(2)5-7(12)10(16)13-8(11(17)18)3-4-9(14)15/h6-8H,3-5,12H2,1-2H3,(H,13,16)(H,14,15)(H,17,18)/t7-,8+/m1/s1. The van der Waals surface area contributed by atoms with Crippen LogP contribution in [0.1, 0.15) is 33.1 Å². The van der Waals surface area contributed by atoms with E-state index < -0.39 is 29.9 Å². The van der Waals surface area contributed by atoms with Gasteiger partial charge in [0.05, 0.1) is 6.04 Å². The number of hydrogen-bond donors (Lipinski definition) is 4. The van der Waals surface area contributed by atoms with Crippen LogP contribution in [0.4, 0.5) is 0 Å². The van der Waals surface area contributed by atoms with Crippen molar-refractivity contribution in [2.45, 2.75) is 45.2 Å². The minimum absolute atomic E-state index is 0.162. The molecule has 0 aromatic rings. The van der Waals surface area contributed by atoms with Gasteiger partial charge in [-0.1, -0.05) is 13.8 Å². The molecule has 0 spiro atoms. The van der Waals surface area contributed by atoms with Crippen molar-refractivity contribution in [3.8, 4) is 0 Å². The maximum atomic E-state index is 11.6. The highest BCUT2D eigenvalue weighted by atomic mass is 16.4. The summed E-state index contributed by atoms with van der Waals surface area (Å²) in [5, 5.41) is 19.6. The van der Waals surface area contributed by atoms with Crippen LogP contribution in [0.5, 0.6) is 0 Å². The minimum Gasteiger partial charge on any atom is -0.481 e. The summed E-state index contributed by atoms with van der Waals surface area (Å²) in [6.07, 6.45) is -0.0431. The summed E-state index contributed by atoms with van der Waals surface area (Å²) in [6.45, 7) is 3.79. The van der Waals surface area contributed by atoms with E-state index >= 15 is 0 Å². The maximum Gasteiger partial charge on any atom is 0.326 e. The molecule has 0 aliphatic rings. The second kappa shape index (κ2) is 7.65. The fourth-order valence-corrected chi connectivity index (χ4v) is 1.42. The predicted octanol–water partition coefficient (Wildman–Crippen LogP) is -0.206. The van der Waals surface area contributed by atoms with E-state index in [1.165, 1.54) is 0 Å². The first-order valence-corrected chi connectivity index (χ1v) is 5.74. The fourth-order valence-electron chi connectivity index (χ4n) is 1.42. The fraction of sp³-hybridized carbons (Fsp3) is 0.727. The smallest absolute Gasteiger partial charge is 0.326 e. The molecule has 5 N–H and O–H groups in total. The molecule has 0 unspecified atom stereocenters. The molecule has 18 heavy (non-hydrogen) atoms. The topological polar surface area (TPSA) is 130 Å². The summed E-state index contributed by atoms with van der Waals surface area (Å²) in [5.41, 5.74) is 5.60. The maximum absolute atomic E-state index is 11.6. The summed E-state index contributed by atoms with van der Waals surface area (Å²) in [5.74, 6) is -2.72. The van der Waals surface area contributed by atoms with Crippen LogP contribution in [0.15, 0.2) is 0 Å². The molecule has 7 nitrogen and oxygen atoms in total. The van der Waals surface area contributed by atoms with E-state index in [0.29, 0.717) is 6.42 Å². The van der Waals surface area contributed by atoms with Gasteiger partial charge in [-0.25, -0.2) is 4.79 Å². The summed E-state index contributed by atoms with van der Waals surface area (Å²) in [4.78, 5) is 32.8. The molecule has 0 heterocycles. The number of hydrogen-bond acceptors (Lipinski definition) is 4. The lowest BCUT2D eigenvalue weighted by atomic mass is 10.0. The van der Waals surface area contributed by atoms with Crippen molar-refractivity contribution in [2.75, 3.05) is 0 Å². The minimum atomic E-state index is -1.26. The number of carboxylic acids is 2. The number of rotatable bonds is 8. The molecule has 0 aliphatic heterocycles. The van der Waals surface area contributed by atoms with Crippen LogP contribution in [-0.2, 0) is 14.4 Å². The number of nitrogens with two attached hydrogens (primary N) is 1. The van der Waals surface area contributed by atoms with E-state index in [4.69, 9.17) is 15.9 Å². The highest BCUT2D eigenvalue weighted by Crippen LogP contribution is 2.04. The van der Waals surface area contributed by atoms with Crippen LogP contribution in [0, 0.1) is 5.92 Å². The molecule has 0 fully saturated rings. The molecule has 0 rings (SSSR count). The van der Waals surface area contributed by atoms with Crippen LogP contribution < -0.4 is 11.1 Å². The molecular formula is C11H20N2O5. The van der Waals surface area contributed by atoms with Gasteiger partial charge in [-0.05, 0) is 18.8 Å². The van der Waals surface area contributed by atoms with Gasteiger partial charge in [0.25, 0.3) is 0 Å².